The van der Waals surface area contributed by atoms with Crippen molar-refractivity contribution in [3.8, 4) is 27.8 Å². The molecule has 1 N–H and O–H groups in total. The highest BCUT2D eigenvalue weighted by molar-refractivity contribution is 7.13. The number of halogens is 1. The molecule has 29 heavy (non-hydrogen) atoms. The van der Waals surface area contributed by atoms with Crippen LogP contribution in [0.3, 0.4) is 0 Å². The Labute approximate surface area is 170 Å². The molecule has 2 aromatic carbocycles. The lowest BCUT2D eigenvalue weighted by molar-refractivity contribution is -0.0312. The average Bonchev–Trinajstić information content (AvgIpc) is 3.26. The summed E-state index contributed by atoms with van der Waals surface area (Å²) < 4.78 is 19.5. The number of aliphatic hydroxyl groups excluding tert-OH is 1. The van der Waals surface area contributed by atoms with Gasteiger partial charge in [0, 0.05) is 16.5 Å². The van der Waals surface area contributed by atoms with E-state index in [9.17, 15) is 14.3 Å². The lowest BCUT2D eigenvalue weighted by Gasteiger charge is -2.19. The van der Waals surface area contributed by atoms with Gasteiger partial charge in [-0.1, -0.05) is 24.3 Å². The number of amides is 1. The first kappa shape index (κ1) is 19.1. The highest BCUT2D eigenvalue weighted by atomic mass is 32.1. The number of carbonyl (C=O) groups is 1. The van der Waals surface area contributed by atoms with E-state index >= 15 is 0 Å². The van der Waals surface area contributed by atoms with Crippen molar-refractivity contribution >= 4 is 23.1 Å². The van der Waals surface area contributed by atoms with Crippen LogP contribution < -0.4 is 4.90 Å². The van der Waals surface area contributed by atoms with Gasteiger partial charge in [-0.25, -0.2) is 14.2 Å². The normalized spacial score (nSPS) is 18.6. The number of nitriles is 1. The molecule has 1 saturated heterocycles. The van der Waals surface area contributed by atoms with Crippen LogP contribution in [0, 0.1) is 17.1 Å². The molecule has 1 amide bonds. The Morgan fingerprint density at radius 3 is 2.62 bits per heavy atom. The van der Waals surface area contributed by atoms with Crippen LogP contribution in [0.25, 0.3) is 21.7 Å². The zero-order valence-electron chi connectivity index (χ0n) is 15.4. The first-order valence-electron chi connectivity index (χ1n) is 8.87. The summed E-state index contributed by atoms with van der Waals surface area (Å²) in [5.74, 6) is -0.484. The van der Waals surface area contributed by atoms with Crippen LogP contribution in [0.2, 0.25) is 0 Å². The molecule has 1 aliphatic heterocycles. The second-order valence-corrected chi connectivity index (χ2v) is 7.46. The van der Waals surface area contributed by atoms with E-state index in [-0.39, 0.29) is 6.42 Å². The standard InChI is InChI=1S/C21H16FN3O3S/c1-12-20(26)28-21(27)25(12)16-6-7-17(18(22)10-16)13-2-4-14(5-3-13)19-24-15(8-9-23)11-29-19/h2-7,10-12,20,26H,8H2,1H3/t12-,20?/m1/s1. The summed E-state index contributed by atoms with van der Waals surface area (Å²) in [5.41, 5.74) is 3.03. The van der Waals surface area contributed by atoms with Crippen LogP contribution in [-0.2, 0) is 11.2 Å². The Balaban J connectivity index is 1.59. The fraction of sp³-hybridized carbons (Fsp3) is 0.190. The van der Waals surface area contributed by atoms with Gasteiger partial charge in [-0.05, 0) is 30.7 Å². The summed E-state index contributed by atoms with van der Waals surface area (Å²) in [4.78, 5) is 17.5. The zero-order valence-corrected chi connectivity index (χ0v) is 16.2. The molecule has 146 valence electrons. The minimum Gasteiger partial charge on any atom is -0.417 e. The third-order valence-corrected chi connectivity index (χ3v) is 5.66. The molecule has 0 bridgehead atoms. The van der Waals surface area contributed by atoms with Crippen molar-refractivity contribution in [3.05, 3.63) is 59.4 Å². The Bertz CT molecular complexity index is 1110. The number of anilines is 1. The lowest BCUT2D eigenvalue weighted by atomic mass is 10.0. The summed E-state index contributed by atoms with van der Waals surface area (Å²) >= 11 is 1.46. The van der Waals surface area contributed by atoms with Gasteiger partial charge in [-0.2, -0.15) is 5.26 Å². The van der Waals surface area contributed by atoms with Gasteiger partial charge in [0.25, 0.3) is 0 Å². The number of benzene rings is 2. The summed E-state index contributed by atoms with van der Waals surface area (Å²) in [7, 11) is 0. The van der Waals surface area contributed by atoms with Crippen molar-refractivity contribution in [1.82, 2.24) is 4.98 Å². The van der Waals surface area contributed by atoms with Crippen molar-refractivity contribution in [3.63, 3.8) is 0 Å². The largest absolute Gasteiger partial charge is 0.417 e. The molecule has 2 atom stereocenters. The predicted molar refractivity (Wildman–Crippen MR) is 107 cm³/mol. The van der Waals surface area contributed by atoms with Crippen LogP contribution in [-0.4, -0.2) is 28.5 Å². The number of thiazole rings is 1. The summed E-state index contributed by atoms with van der Waals surface area (Å²) in [6, 6.07) is 13.3. The van der Waals surface area contributed by atoms with Crippen molar-refractivity contribution in [2.45, 2.75) is 25.7 Å². The third-order valence-electron chi connectivity index (χ3n) is 4.72. The van der Waals surface area contributed by atoms with Crippen molar-refractivity contribution < 1.29 is 19.0 Å². The van der Waals surface area contributed by atoms with Gasteiger partial charge in [0.1, 0.15) is 10.8 Å². The van der Waals surface area contributed by atoms with Crippen LogP contribution in [0.1, 0.15) is 12.6 Å². The van der Waals surface area contributed by atoms with E-state index in [0.29, 0.717) is 16.8 Å². The number of nitrogens with zero attached hydrogens (tertiary/aromatic N) is 3. The molecule has 0 saturated carbocycles. The van der Waals surface area contributed by atoms with Gasteiger partial charge in [-0.15, -0.1) is 11.3 Å². The monoisotopic (exact) mass is 409 g/mol. The van der Waals surface area contributed by atoms with Crippen LogP contribution in [0.5, 0.6) is 0 Å². The van der Waals surface area contributed by atoms with Crippen LogP contribution in [0.4, 0.5) is 14.9 Å². The van der Waals surface area contributed by atoms with Crippen LogP contribution in [0.15, 0.2) is 47.8 Å². The zero-order chi connectivity index (χ0) is 20.5. The maximum absolute atomic E-state index is 14.8. The maximum Gasteiger partial charge on any atom is 0.417 e. The number of carbonyl (C=O) groups excluding carboxylic acids is 1. The Morgan fingerprint density at radius 2 is 2.00 bits per heavy atom. The SMILES string of the molecule is C[C@@H]1C(O)OC(=O)N1c1ccc(-c2ccc(-c3nc(CC#N)cs3)cc2)c(F)c1. The summed E-state index contributed by atoms with van der Waals surface area (Å²) in [5, 5.41) is 21.1. The molecule has 0 aliphatic carbocycles. The molecule has 0 spiro atoms. The molecule has 6 nitrogen and oxygen atoms in total. The van der Waals surface area contributed by atoms with E-state index in [4.69, 9.17) is 10.00 Å². The lowest BCUT2D eigenvalue weighted by Crippen LogP contribution is -2.33. The smallest absolute Gasteiger partial charge is 0.417 e. The quantitative estimate of drug-likeness (QED) is 0.692. The number of aliphatic hydroxyl groups is 1. The second-order valence-electron chi connectivity index (χ2n) is 6.61. The van der Waals surface area contributed by atoms with E-state index in [1.165, 1.54) is 22.3 Å². The van der Waals surface area contributed by atoms with E-state index in [1.54, 1.807) is 31.2 Å². The molecular weight excluding hydrogens is 393 g/mol. The molecule has 2 heterocycles. The van der Waals surface area contributed by atoms with Crippen molar-refractivity contribution in [2.24, 2.45) is 0 Å². The molecule has 1 aliphatic rings. The number of hydrogen-bond donors (Lipinski definition) is 1. The summed E-state index contributed by atoms with van der Waals surface area (Å²) in [6.07, 6.45) is -1.68. The van der Waals surface area contributed by atoms with Crippen molar-refractivity contribution in [2.75, 3.05) is 4.90 Å². The first-order chi connectivity index (χ1) is 14.0. The topological polar surface area (TPSA) is 86.5 Å². The van der Waals surface area contributed by atoms with Crippen molar-refractivity contribution in [1.29, 1.82) is 5.26 Å². The van der Waals surface area contributed by atoms with Gasteiger partial charge in [0.05, 0.1) is 29.9 Å². The third kappa shape index (κ3) is 3.58. The average molecular weight is 409 g/mol. The van der Waals surface area contributed by atoms with E-state index in [2.05, 4.69) is 11.1 Å². The van der Waals surface area contributed by atoms with Gasteiger partial charge < -0.3 is 9.84 Å². The van der Waals surface area contributed by atoms with Gasteiger partial charge in [0.15, 0.2) is 0 Å². The molecule has 8 heteroatoms. The molecule has 4 rings (SSSR count). The minimum atomic E-state index is -1.24. The number of cyclic esters (lactones) is 1. The maximum atomic E-state index is 14.8. The second kappa shape index (κ2) is 7.62. The minimum absolute atomic E-state index is 0.270. The number of ether oxygens (including phenoxy) is 1. The molecule has 3 aromatic rings. The molecule has 1 unspecified atom stereocenters. The Hall–Kier alpha value is -3.28. The van der Waals surface area contributed by atoms with Crippen LogP contribution >= 0.6 is 11.3 Å². The van der Waals surface area contributed by atoms with Gasteiger partial charge in [0.2, 0.25) is 6.29 Å². The van der Waals surface area contributed by atoms with Gasteiger partial charge in [-0.3, -0.25) is 4.90 Å². The molecule has 0 radical (unpaired) electrons. The highest BCUT2D eigenvalue weighted by Crippen LogP contribution is 2.32. The highest BCUT2D eigenvalue weighted by Gasteiger charge is 2.38. The van der Waals surface area contributed by atoms with E-state index in [0.717, 1.165) is 16.3 Å². The fourth-order valence-corrected chi connectivity index (χ4v) is 4.00. The van der Waals surface area contributed by atoms with Gasteiger partial charge >= 0.3 is 6.09 Å². The Kier molecular flexibility index (Phi) is 5.01. The summed E-state index contributed by atoms with van der Waals surface area (Å²) in [6.45, 7) is 1.63. The Morgan fingerprint density at radius 1 is 1.28 bits per heavy atom. The molecule has 1 fully saturated rings. The molecular formula is C21H16FN3O3S. The van der Waals surface area contributed by atoms with E-state index in [1.807, 2.05) is 17.5 Å². The predicted octanol–water partition coefficient (Wildman–Crippen LogP) is 4.35. The number of aromatic nitrogens is 1. The van der Waals surface area contributed by atoms with E-state index < -0.39 is 24.2 Å². The number of hydrogen-bond acceptors (Lipinski definition) is 6. The molecule has 1 aromatic heterocycles. The first-order valence-corrected chi connectivity index (χ1v) is 9.75. The number of rotatable bonds is 4. The fourth-order valence-electron chi connectivity index (χ4n) is 3.17.